The number of rotatable bonds is 4. The number of nitrogens with zero attached hydrogens (tertiary/aromatic N) is 1. The molecule has 0 unspecified atom stereocenters. The van der Waals surface area contributed by atoms with E-state index in [1.807, 2.05) is 6.92 Å². The van der Waals surface area contributed by atoms with Crippen LogP contribution in [0.3, 0.4) is 0 Å². The van der Waals surface area contributed by atoms with Crippen molar-refractivity contribution in [2.45, 2.75) is 19.9 Å². The van der Waals surface area contributed by atoms with Crippen LogP contribution in [0.25, 0.3) is 0 Å². The molecule has 2 N–H and O–H groups in total. The van der Waals surface area contributed by atoms with Crippen molar-refractivity contribution in [2.24, 2.45) is 0 Å². The molecule has 2 aromatic rings. The van der Waals surface area contributed by atoms with Gasteiger partial charge < -0.3 is 10.4 Å². The van der Waals surface area contributed by atoms with E-state index in [9.17, 15) is 4.79 Å². The zero-order chi connectivity index (χ0) is 15.1. The number of amides is 1. The van der Waals surface area contributed by atoms with E-state index in [2.05, 4.69) is 22.1 Å². The van der Waals surface area contributed by atoms with E-state index in [4.69, 9.17) is 5.11 Å². The number of hydrogen-bond acceptors (Lipinski definition) is 4. The monoisotopic (exact) mass is 300 g/mol. The summed E-state index contributed by atoms with van der Waals surface area (Å²) in [4.78, 5) is 17.2. The maximum atomic E-state index is 12.0. The van der Waals surface area contributed by atoms with Crippen LogP contribution in [0.1, 0.15) is 32.9 Å². The fraction of sp³-hybridized carbons (Fsp3) is 0.250. The summed E-state index contributed by atoms with van der Waals surface area (Å²) in [5.41, 5.74) is 4.16. The average Bonchev–Trinajstić information content (AvgIpc) is 2.91. The summed E-state index contributed by atoms with van der Waals surface area (Å²) >= 11 is 1.54. The molecular formula is C16H16N2O2S. The van der Waals surface area contributed by atoms with Crippen molar-refractivity contribution < 1.29 is 9.90 Å². The van der Waals surface area contributed by atoms with Crippen LogP contribution in [0.2, 0.25) is 0 Å². The SMILES string of the molecule is Cc1ncsc1CNC(=O)c1ccc(C#CCCO)cc1. The number of nitrogens with one attached hydrogen (secondary N) is 1. The van der Waals surface area contributed by atoms with Crippen molar-refractivity contribution in [3.8, 4) is 11.8 Å². The number of carbonyl (C=O) groups excluding carboxylic acids is 1. The quantitative estimate of drug-likeness (QED) is 0.850. The minimum atomic E-state index is -0.113. The second-order valence-corrected chi connectivity index (χ2v) is 5.34. The molecule has 0 aliphatic carbocycles. The van der Waals surface area contributed by atoms with Crippen molar-refractivity contribution in [1.29, 1.82) is 0 Å². The second kappa shape index (κ2) is 7.58. The Bertz CT molecular complexity index is 666. The molecule has 0 saturated heterocycles. The fourth-order valence-corrected chi connectivity index (χ4v) is 2.40. The summed E-state index contributed by atoms with van der Waals surface area (Å²) in [7, 11) is 0. The van der Waals surface area contributed by atoms with Gasteiger partial charge in [-0.05, 0) is 31.2 Å². The van der Waals surface area contributed by atoms with E-state index in [1.54, 1.807) is 29.8 Å². The molecule has 108 valence electrons. The number of aryl methyl sites for hydroxylation is 1. The first kappa shape index (κ1) is 15.2. The van der Waals surface area contributed by atoms with Crippen LogP contribution in [-0.2, 0) is 6.54 Å². The van der Waals surface area contributed by atoms with E-state index in [0.29, 0.717) is 18.5 Å². The summed E-state index contributed by atoms with van der Waals surface area (Å²) in [5, 5.41) is 11.5. The molecule has 5 heteroatoms. The zero-order valence-electron chi connectivity index (χ0n) is 11.7. The number of aliphatic hydroxyl groups is 1. The van der Waals surface area contributed by atoms with Gasteiger partial charge in [-0.3, -0.25) is 4.79 Å². The summed E-state index contributed by atoms with van der Waals surface area (Å²) in [5.74, 6) is 5.66. The van der Waals surface area contributed by atoms with Gasteiger partial charge in [0.25, 0.3) is 5.91 Å². The third-order valence-corrected chi connectivity index (χ3v) is 3.81. The minimum absolute atomic E-state index is 0.0600. The summed E-state index contributed by atoms with van der Waals surface area (Å²) in [6, 6.07) is 7.10. The Labute approximate surface area is 127 Å². The van der Waals surface area contributed by atoms with Crippen LogP contribution in [0.15, 0.2) is 29.8 Å². The zero-order valence-corrected chi connectivity index (χ0v) is 12.5. The highest BCUT2D eigenvalue weighted by molar-refractivity contribution is 7.09. The fourth-order valence-electron chi connectivity index (χ4n) is 1.68. The molecule has 0 saturated carbocycles. The minimum Gasteiger partial charge on any atom is -0.395 e. The third-order valence-electron chi connectivity index (χ3n) is 2.87. The van der Waals surface area contributed by atoms with Crippen LogP contribution < -0.4 is 5.32 Å². The molecule has 1 heterocycles. The lowest BCUT2D eigenvalue weighted by molar-refractivity contribution is 0.0951. The van der Waals surface area contributed by atoms with Crippen molar-refractivity contribution in [3.63, 3.8) is 0 Å². The van der Waals surface area contributed by atoms with Crippen LogP contribution in [0, 0.1) is 18.8 Å². The third kappa shape index (κ3) is 4.42. The second-order valence-electron chi connectivity index (χ2n) is 4.40. The standard InChI is InChI=1S/C16H16N2O2S/c1-12-15(21-11-18-12)10-17-16(20)14-7-5-13(6-8-14)4-2-3-9-19/h5-8,11,19H,3,9-10H2,1H3,(H,17,20). The molecule has 0 radical (unpaired) electrons. The lowest BCUT2D eigenvalue weighted by Gasteiger charge is -2.04. The van der Waals surface area contributed by atoms with E-state index >= 15 is 0 Å². The van der Waals surface area contributed by atoms with Crippen LogP contribution in [-0.4, -0.2) is 22.6 Å². The van der Waals surface area contributed by atoms with Gasteiger partial charge in [0.05, 0.1) is 24.4 Å². The lowest BCUT2D eigenvalue weighted by atomic mass is 10.1. The van der Waals surface area contributed by atoms with Gasteiger partial charge in [-0.2, -0.15) is 0 Å². The van der Waals surface area contributed by atoms with Crippen LogP contribution in [0.4, 0.5) is 0 Å². The molecular weight excluding hydrogens is 284 g/mol. The highest BCUT2D eigenvalue weighted by Crippen LogP contribution is 2.12. The Morgan fingerprint density at radius 2 is 2.14 bits per heavy atom. The number of thiazole rings is 1. The number of aliphatic hydroxyl groups excluding tert-OH is 1. The van der Waals surface area contributed by atoms with Gasteiger partial charge in [-0.25, -0.2) is 4.98 Å². The molecule has 2 rings (SSSR count). The molecule has 21 heavy (non-hydrogen) atoms. The maximum absolute atomic E-state index is 12.0. The number of benzene rings is 1. The van der Waals surface area contributed by atoms with Crippen molar-refractivity contribution >= 4 is 17.2 Å². The molecule has 4 nitrogen and oxygen atoms in total. The van der Waals surface area contributed by atoms with Gasteiger partial charge >= 0.3 is 0 Å². The Morgan fingerprint density at radius 1 is 1.38 bits per heavy atom. The van der Waals surface area contributed by atoms with Gasteiger partial charge in [0.1, 0.15) is 0 Å². The number of aromatic nitrogens is 1. The van der Waals surface area contributed by atoms with Crippen LogP contribution in [0.5, 0.6) is 0 Å². The van der Waals surface area contributed by atoms with Crippen molar-refractivity contribution in [1.82, 2.24) is 10.3 Å². The first-order chi connectivity index (χ1) is 10.2. The van der Waals surface area contributed by atoms with Gasteiger partial charge in [0, 0.05) is 22.4 Å². The summed E-state index contributed by atoms with van der Waals surface area (Å²) in [6.07, 6.45) is 0.455. The number of hydrogen-bond donors (Lipinski definition) is 2. The normalized spacial score (nSPS) is 9.81. The molecule has 1 aromatic heterocycles. The molecule has 0 aliphatic rings. The lowest BCUT2D eigenvalue weighted by Crippen LogP contribution is -2.22. The maximum Gasteiger partial charge on any atom is 0.251 e. The Morgan fingerprint density at radius 3 is 2.76 bits per heavy atom. The highest BCUT2D eigenvalue weighted by atomic mass is 32.1. The van der Waals surface area contributed by atoms with E-state index in [-0.39, 0.29) is 12.5 Å². The topological polar surface area (TPSA) is 62.2 Å². The number of carbonyl (C=O) groups is 1. The molecule has 1 amide bonds. The molecule has 1 aromatic carbocycles. The van der Waals surface area contributed by atoms with Crippen molar-refractivity contribution in [2.75, 3.05) is 6.61 Å². The highest BCUT2D eigenvalue weighted by Gasteiger charge is 2.07. The Hall–Kier alpha value is -2.16. The predicted octanol–water partition coefficient (Wildman–Crippen LogP) is 2.12. The molecule has 0 spiro atoms. The van der Waals surface area contributed by atoms with Gasteiger partial charge in [-0.1, -0.05) is 11.8 Å². The molecule has 0 fully saturated rings. The molecule has 0 aliphatic heterocycles. The Balaban J connectivity index is 1.94. The first-order valence-electron chi connectivity index (χ1n) is 6.57. The average molecular weight is 300 g/mol. The van der Waals surface area contributed by atoms with E-state index in [0.717, 1.165) is 16.1 Å². The van der Waals surface area contributed by atoms with Gasteiger partial charge in [0.2, 0.25) is 0 Å². The Kier molecular flexibility index (Phi) is 5.50. The predicted molar refractivity (Wildman–Crippen MR) is 83.0 cm³/mol. The van der Waals surface area contributed by atoms with Gasteiger partial charge in [0.15, 0.2) is 0 Å². The largest absolute Gasteiger partial charge is 0.395 e. The van der Waals surface area contributed by atoms with E-state index in [1.165, 1.54) is 11.3 Å². The van der Waals surface area contributed by atoms with E-state index < -0.39 is 0 Å². The summed E-state index contributed by atoms with van der Waals surface area (Å²) in [6.45, 7) is 2.48. The van der Waals surface area contributed by atoms with Crippen LogP contribution >= 0.6 is 11.3 Å². The summed E-state index contributed by atoms with van der Waals surface area (Å²) < 4.78 is 0. The first-order valence-corrected chi connectivity index (χ1v) is 7.45. The molecule has 0 atom stereocenters. The smallest absolute Gasteiger partial charge is 0.251 e. The van der Waals surface area contributed by atoms with Gasteiger partial charge in [-0.15, -0.1) is 11.3 Å². The molecule has 0 bridgehead atoms. The van der Waals surface area contributed by atoms with Crippen molar-refractivity contribution in [3.05, 3.63) is 51.5 Å².